The summed E-state index contributed by atoms with van der Waals surface area (Å²) in [7, 11) is 1.66. The molecule has 0 spiro atoms. The molecule has 15 heavy (non-hydrogen) atoms. The van der Waals surface area contributed by atoms with Crippen LogP contribution < -0.4 is 5.32 Å². The van der Waals surface area contributed by atoms with Gasteiger partial charge in [0.05, 0.1) is 31.5 Å². The van der Waals surface area contributed by atoms with Crippen molar-refractivity contribution in [2.24, 2.45) is 0 Å². The molecule has 0 radical (unpaired) electrons. The van der Waals surface area contributed by atoms with Gasteiger partial charge in [0.2, 0.25) is 0 Å². The Balaban J connectivity index is 2.24. The fourth-order valence-corrected chi connectivity index (χ4v) is 1.46. The fourth-order valence-electron chi connectivity index (χ4n) is 1.46. The van der Waals surface area contributed by atoms with Gasteiger partial charge >= 0.3 is 0 Å². The van der Waals surface area contributed by atoms with Gasteiger partial charge in [-0.3, -0.25) is 0 Å². The van der Waals surface area contributed by atoms with Gasteiger partial charge in [0.25, 0.3) is 0 Å². The fraction of sp³-hybridized carbons (Fsp3) is 1.00. The average molecular weight is 217 g/mol. The zero-order valence-corrected chi connectivity index (χ0v) is 9.95. The van der Waals surface area contributed by atoms with E-state index >= 15 is 0 Å². The van der Waals surface area contributed by atoms with Crippen molar-refractivity contribution in [1.82, 2.24) is 5.32 Å². The van der Waals surface area contributed by atoms with Gasteiger partial charge in [0.15, 0.2) is 0 Å². The van der Waals surface area contributed by atoms with Gasteiger partial charge in [-0.15, -0.1) is 0 Å². The average Bonchev–Trinajstić information content (AvgIpc) is 2.99. The number of nitrogens with one attached hydrogen (secondary N) is 1. The van der Waals surface area contributed by atoms with Crippen molar-refractivity contribution in [2.45, 2.75) is 44.4 Å². The highest BCUT2D eigenvalue weighted by molar-refractivity contribution is 4.92. The Labute approximate surface area is 92.0 Å². The SMILES string of the molecule is COCC(C)OCC(C)(CO)NC1CC1. The first-order valence-electron chi connectivity index (χ1n) is 5.59. The van der Waals surface area contributed by atoms with Crippen LogP contribution in [0, 0.1) is 0 Å². The second-order valence-electron chi connectivity index (χ2n) is 4.71. The van der Waals surface area contributed by atoms with Crippen molar-refractivity contribution in [2.75, 3.05) is 26.9 Å². The minimum atomic E-state index is -0.316. The van der Waals surface area contributed by atoms with Gasteiger partial charge in [-0.2, -0.15) is 0 Å². The molecule has 0 heterocycles. The molecule has 0 bridgehead atoms. The van der Waals surface area contributed by atoms with Crippen LogP contribution in [0.15, 0.2) is 0 Å². The smallest absolute Gasteiger partial charge is 0.0781 e. The largest absolute Gasteiger partial charge is 0.394 e. The third-order valence-corrected chi connectivity index (χ3v) is 2.57. The molecule has 1 rings (SSSR count). The summed E-state index contributed by atoms with van der Waals surface area (Å²) >= 11 is 0. The van der Waals surface area contributed by atoms with Crippen LogP contribution in [0.1, 0.15) is 26.7 Å². The predicted octanol–water partition coefficient (Wildman–Crippen LogP) is 0.541. The molecule has 0 aromatic rings. The monoisotopic (exact) mass is 217 g/mol. The number of methoxy groups -OCH3 is 1. The van der Waals surface area contributed by atoms with E-state index in [1.165, 1.54) is 12.8 Å². The van der Waals surface area contributed by atoms with Crippen molar-refractivity contribution in [3.8, 4) is 0 Å². The third kappa shape index (κ3) is 4.93. The maximum absolute atomic E-state index is 9.33. The summed E-state index contributed by atoms with van der Waals surface area (Å²) in [5.41, 5.74) is -0.316. The first kappa shape index (κ1) is 12.9. The number of hydrogen-bond acceptors (Lipinski definition) is 4. The standard InChI is InChI=1S/C11H23NO3/c1-9(6-14-3)15-8-11(2,7-13)12-10-4-5-10/h9-10,12-13H,4-8H2,1-3H3. The lowest BCUT2D eigenvalue weighted by Gasteiger charge is -2.30. The Morgan fingerprint density at radius 3 is 2.67 bits per heavy atom. The normalized spacial score (nSPS) is 22.4. The van der Waals surface area contributed by atoms with E-state index in [0.29, 0.717) is 19.3 Å². The lowest BCUT2D eigenvalue weighted by molar-refractivity contribution is -0.0283. The number of hydrogen-bond donors (Lipinski definition) is 2. The predicted molar refractivity (Wildman–Crippen MR) is 58.9 cm³/mol. The maximum Gasteiger partial charge on any atom is 0.0781 e. The van der Waals surface area contributed by atoms with Crippen LogP contribution >= 0.6 is 0 Å². The van der Waals surface area contributed by atoms with Crippen molar-refractivity contribution in [1.29, 1.82) is 0 Å². The van der Waals surface area contributed by atoms with E-state index in [2.05, 4.69) is 5.32 Å². The Hall–Kier alpha value is -0.160. The summed E-state index contributed by atoms with van der Waals surface area (Å²) < 4.78 is 10.6. The van der Waals surface area contributed by atoms with Gasteiger partial charge in [0.1, 0.15) is 0 Å². The van der Waals surface area contributed by atoms with E-state index < -0.39 is 0 Å². The molecule has 1 fully saturated rings. The van der Waals surface area contributed by atoms with Gasteiger partial charge in [-0.1, -0.05) is 0 Å². The Morgan fingerprint density at radius 1 is 1.53 bits per heavy atom. The zero-order chi connectivity index (χ0) is 11.3. The van der Waals surface area contributed by atoms with Crippen LogP contribution in [0.4, 0.5) is 0 Å². The molecule has 1 saturated carbocycles. The molecule has 2 unspecified atom stereocenters. The summed E-state index contributed by atoms with van der Waals surface area (Å²) in [6.07, 6.45) is 2.49. The Bertz CT molecular complexity index is 185. The molecule has 2 atom stereocenters. The summed E-state index contributed by atoms with van der Waals surface area (Å²) in [5.74, 6) is 0. The van der Waals surface area contributed by atoms with Crippen LogP contribution in [-0.2, 0) is 9.47 Å². The van der Waals surface area contributed by atoms with E-state index in [-0.39, 0.29) is 18.2 Å². The minimum absolute atomic E-state index is 0.0712. The molecule has 0 amide bonds. The van der Waals surface area contributed by atoms with Crippen LogP contribution in [0.3, 0.4) is 0 Å². The molecular formula is C11H23NO3. The number of rotatable bonds is 8. The summed E-state index contributed by atoms with van der Waals surface area (Å²) in [5, 5.41) is 12.7. The molecule has 2 N–H and O–H groups in total. The summed E-state index contributed by atoms with van der Waals surface area (Å²) in [6.45, 7) is 5.17. The lowest BCUT2D eigenvalue weighted by atomic mass is 10.1. The highest BCUT2D eigenvalue weighted by atomic mass is 16.5. The Kier molecular flexibility index (Phi) is 4.99. The van der Waals surface area contributed by atoms with Crippen LogP contribution in [0.2, 0.25) is 0 Å². The first-order valence-corrected chi connectivity index (χ1v) is 5.59. The third-order valence-electron chi connectivity index (χ3n) is 2.57. The Morgan fingerprint density at radius 2 is 2.20 bits per heavy atom. The molecule has 4 heteroatoms. The molecule has 0 aromatic heterocycles. The van der Waals surface area contributed by atoms with Crippen LogP contribution in [0.5, 0.6) is 0 Å². The molecule has 1 aliphatic carbocycles. The lowest BCUT2D eigenvalue weighted by Crippen LogP contribution is -2.51. The van der Waals surface area contributed by atoms with Gasteiger partial charge in [0, 0.05) is 13.2 Å². The maximum atomic E-state index is 9.33. The quantitative estimate of drug-likeness (QED) is 0.623. The van der Waals surface area contributed by atoms with Crippen molar-refractivity contribution in [3.05, 3.63) is 0 Å². The second-order valence-corrected chi connectivity index (χ2v) is 4.71. The van der Waals surface area contributed by atoms with E-state index in [0.717, 1.165) is 0 Å². The van der Waals surface area contributed by atoms with Crippen LogP contribution in [-0.4, -0.2) is 49.7 Å². The van der Waals surface area contributed by atoms with Crippen molar-refractivity contribution >= 4 is 0 Å². The van der Waals surface area contributed by atoms with E-state index in [1.54, 1.807) is 7.11 Å². The molecule has 90 valence electrons. The summed E-state index contributed by atoms with van der Waals surface area (Å²) in [6, 6.07) is 0.573. The highest BCUT2D eigenvalue weighted by Gasteiger charge is 2.32. The molecular weight excluding hydrogens is 194 g/mol. The molecule has 0 saturated heterocycles. The molecule has 1 aliphatic rings. The van der Waals surface area contributed by atoms with E-state index in [4.69, 9.17) is 9.47 Å². The van der Waals surface area contributed by atoms with Crippen molar-refractivity contribution < 1.29 is 14.6 Å². The number of aliphatic hydroxyl groups is 1. The summed E-state index contributed by atoms with van der Waals surface area (Å²) in [4.78, 5) is 0. The molecule has 0 aliphatic heterocycles. The van der Waals surface area contributed by atoms with Crippen molar-refractivity contribution in [3.63, 3.8) is 0 Å². The topological polar surface area (TPSA) is 50.7 Å². The number of aliphatic hydroxyl groups excluding tert-OH is 1. The van der Waals surface area contributed by atoms with Gasteiger partial charge < -0.3 is 19.9 Å². The van der Waals surface area contributed by atoms with E-state index in [9.17, 15) is 5.11 Å². The highest BCUT2D eigenvalue weighted by Crippen LogP contribution is 2.22. The van der Waals surface area contributed by atoms with E-state index in [1.807, 2.05) is 13.8 Å². The van der Waals surface area contributed by atoms with Gasteiger partial charge in [-0.05, 0) is 26.7 Å². The van der Waals surface area contributed by atoms with Crippen LogP contribution in [0.25, 0.3) is 0 Å². The molecule has 4 nitrogen and oxygen atoms in total. The number of ether oxygens (including phenoxy) is 2. The second kappa shape index (κ2) is 5.80. The first-order chi connectivity index (χ1) is 7.09. The zero-order valence-electron chi connectivity index (χ0n) is 9.95. The minimum Gasteiger partial charge on any atom is -0.394 e. The molecule has 0 aromatic carbocycles. The van der Waals surface area contributed by atoms with Gasteiger partial charge in [-0.25, -0.2) is 0 Å².